The average Bonchev–Trinajstić information content (AvgIpc) is 3.39. The van der Waals surface area contributed by atoms with Gasteiger partial charge in [0.1, 0.15) is 11.3 Å². The maximum absolute atomic E-state index is 6.77. The molecule has 44 heavy (non-hydrogen) atoms. The second kappa shape index (κ2) is 13.1. The molecule has 1 aromatic heterocycles. The number of anilines is 1. The molecule has 1 aliphatic heterocycles. The molecule has 0 spiro atoms. The number of allylic oxidation sites excluding steroid dienone is 2. The van der Waals surface area contributed by atoms with E-state index in [1.54, 1.807) is 0 Å². The Labute approximate surface area is 267 Å². The van der Waals surface area contributed by atoms with Crippen LogP contribution in [0.2, 0.25) is 0 Å². The monoisotopic (exact) mass is 592 g/mol. The van der Waals surface area contributed by atoms with E-state index in [4.69, 9.17) is 4.42 Å². The number of benzene rings is 3. The molecule has 0 saturated carbocycles. The van der Waals surface area contributed by atoms with Crippen LogP contribution in [0.4, 0.5) is 5.69 Å². The summed E-state index contributed by atoms with van der Waals surface area (Å²) in [6.07, 6.45) is 5.75. The van der Waals surface area contributed by atoms with Crippen LogP contribution in [0.15, 0.2) is 59.0 Å². The van der Waals surface area contributed by atoms with Gasteiger partial charge < -0.3 is 14.2 Å². The Morgan fingerprint density at radius 3 is 2.25 bits per heavy atom. The van der Waals surface area contributed by atoms with E-state index in [-0.39, 0.29) is 5.41 Å². The largest absolute Gasteiger partial charge is 0.460 e. The second-order valence-electron chi connectivity index (χ2n) is 14.7. The van der Waals surface area contributed by atoms with Gasteiger partial charge in [0, 0.05) is 47.8 Å². The molecule has 1 unspecified atom stereocenters. The van der Waals surface area contributed by atoms with Crippen molar-refractivity contribution in [2.45, 2.75) is 105 Å². The maximum Gasteiger partial charge on any atom is 0.134 e. The topological polar surface area (TPSA) is 19.6 Å². The molecule has 0 N–H and O–H groups in total. The van der Waals surface area contributed by atoms with E-state index in [0.717, 1.165) is 18.4 Å². The summed E-state index contributed by atoms with van der Waals surface area (Å²) in [5.41, 5.74) is 9.42. The number of piperidine rings is 1. The van der Waals surface area contributed by atoms with Crippen LogP contribution in [-0.2, 0) is 5.41 Å². The van der Waals surface area contributed by atoms with E-state index in [1.807, 2.05) is 0 Å². The van der Waals surface area contributed by atoms with Crippen LogP contribution < -0.4 is 4.90 Å². The minimum absolute atomic E-state index is 0.0456. The van der Waals surface area contributed by atoms with Gasteiger partial charge in [-0.1, -0.05) is 91.3 Å². The molecule has 1 saturated heterocycles. The Morgan fingerprint density at radius 1 is 0.932 bits per heavy atom. The summed E-state index contributed by atoms with van der Waals surface area (Å²) in [5.74, 6) is 2.08. The first-order chi connectivity index (χ1) is 21.0. The van der Waals surface area contributed by atoms with Gasteiger partial charge in [-0.15, -0.1) is 0 Å². The minimum atomic E-state index is -0.0456. The van der Waals surface area contributed by atoms with Gasteiger partial charge in [0.15, 0.2) is 0 Å². The lowest BCUT2D eigenvalue weighted by Gasteiger charge is -2.36. The zero-order chi connectivity index (χ0) is 31.8. The zero-order valence-electron chi connectivity index (χ0n) is 29.2. The van der Waals surface area contributed by atoms with Gasteiger partial charge in [0.05, 0.1) is 0 Å². The molecule has 5 rings (SSSR count). The lowest BCUT2D eigenvalue weighted by molar-refractivity contribution is 0.157. The van der Waals surface area contributed by atoms with Crippen LogP contribution in [0.25, 0.3) is 32.9 Å². The molecule has 4 aromatic rings. The number of likely N-dealkylation sites (tertiary alicyclic amines) is 1. The van der Waals surface area contributed by atoms with Crippen molar-refractivity contribution in [1.82, 2.24) is 4.90 Å². The summed E-state index contributed by atoms with van der Waals surface area (Å²) < 4.78 is 6.77. The molecule has 0 bridgehead atoms. The minimum Gasteiger partial charge on any atom is -0.460 e. The van der Waals surface area contributed by atoms with Gasteiger partial charge in [-0.2, -0.15) is 0 Å². The summed E-state index contributed by atoms with van der Waals surface area (Å²) in [5, 5.41) is 3.97. The van der Waals surface area contributed by atoms with Crippen LogP contribution in [0.3, 0.4) is 0 Å². The van der Waals surface area contributed by atoms with Gasteiger partial charge in [0.25, 0.3) is 0 Å². The van der Waals surface area contributed by atoms with Crippen LogP contribution in [0.1, 0.15) is 116 Å². The van der Waals surface area contributed by atoms with Crippen LogP contribution in [-0.4, -0.2) is 38.1 Å². The lowest BCUT2D eigenvalue weighted by atomic mass is 9.79. The summed E-state index contributed by atoms with van der Waals surface area (Å²) in [4.78, 5) is 4.97. The van der Waals surface area contributed by atoms with Gasteiger partial charge >= 0.3 is 0 Å². The van der Waals surface area contributed by atoms with E-state index in [0.29, 0.717) is 17.9 Å². The first kappa shape index (κ1) is 32.4. The number of fused-ring (bicyclic) bond motifs is 2. The third kappa shape index (κ3) is 6.23. The highest BCUT2D eigenvalue weighted by molar-refractivity contribution is 6.06. The van der Waals surface area contributed by atoms with Gasteiger partial charge in [-0.05, 0) is 103 Å². The molecule has 0 radical (unpaired) electrons. The molecule has 3 aromatic carbocycles. The van der Waals surface area contributed by atoms with Crippen molar-refractivity contribution in [3.63, 3.8) is 0 Å². The molecular formula is C41H56N2O. The Balaban J connectivity index is 1.74. The fraction of sp³-hybridized carbons (Fsp3) is 0.512. The van der Waals surface area contributed by atoms with Crippen molar-refractivity contribution in [3.05, 3.63) is 77.0 Å². The summed E-state index contributed by atoms with van der Waals surface area (Å²) in [7, 11) is 4.35. The van der Waals surface area contributed by atoms with Crippen molar-refractivity contribution in [2.75, 3.05) is 32.1 Å². The first-order valence-electron chi connectivity index (χ1n) is 17.2. The third-order valence-corrected chi connectivity index (χ3v) is 9.96. The molecule has 1 fully saturated rings. The number of hydrogen-bond acceptors (Lipinski definition) is 3. The molecule has 2 heterocycles. The highest BCUT2D eigenvalue weighted by Crippen LogP contribution is 2.46. The molecule has 1 aliphatic rings. The van der Waals surface area contributed by atoms with Crippen molar-refractivity contribution >= 4 is 38.6 Å². The van der Waals surface area contributed by atoms with Crippen molar-refractivity contribution in [1.29, 1.82) is 0 Å². The first-order valence-corrected chi connectivity index (χ1v) is 17.2. The third-order valence-electron chi connectivity index (χ3n) is 9.96. The summed E-state index contributed by atoms with van der Waals surface area (Å²) >= 11 is 0. The number of hydrogen-bond donors (Lipinski definition) is 0. The van der Waals surface area contributed by atoms with E-state index in [9.17, 15) is 0 Å². The predicted molar refractivity (Wildman–Crippen MR) is 193 cm³/mol. The van der Waals surface area contributed by atoms with E-state index >= 15 is 0 Å². The van der Waals surface area contributed by atoms with Gasteiger partial charge in [0.2, 0.25) is 0 Å². The number of rotatable bonds is 9. The summed E-state index contributed by atoms with van der Waals surface area (Å²) in [6.45, 7) is 21.0. The van der Waals surface area contributed by atoms with Crippen molar-refractivity contribution in [3.8, 4) is 0 Å². The van der Waals surface area contributed by atoms with Gasteiger partial charge in [-0.25, -0.2) is 0 Å². The quantitative estimate of drug-likeness (QED) is 0.180. The van der Waals surface area contributed by atoms with E-state index in [2.05, 4.69) is 134 Å². The highest BCUT2D eigenvalue weighted by Gasteiger charge is 2.33. The Hall–Kier alpha value is -3.04. The predicted octanol–water partition coefficient (Wildman–Crippen LogP) is 11.3. The van der Waals surface area contributed by atoms with E-state index in [1.165, 1.54) is 87.8 Å². The summed E-state index contributed by atoms with van der Waals surface area (Å²) in [6, 6.07) is 21.2. The van der Waals surface area contributed by atoms with Crippen LogP contribution in [0, 0.1) is 5.92 Å². The van der Waals surface area contributed by atoms with Crippen molar-refractivity contribution < 1.29 is 4.42 Å². The lowest BCUT2D eigenvalue weighted by Crippen LogP contribution is -2.39. The Kier molecular flexibility index (Phi) is 9.66. The Morgan fingerprint density at radius 2 is 1.64 bits per heavy atom. The van der Waals surface area contributed by atoms with E-state index < -0.39 is 0 Å². The zero-order valence-corrected chi connectivity index (χ0v) is 29.2. The molecule has 0 aliphatic carbocycles. The molecular weight excluding hydrogens is 536 g/mol. The normalized spacial score (nSPS) is 16.6. The van der Waals surface area contributed by atoms with Crippen molar-refractivity contribution in [2.24, 2.45) is 5.92 Å². The SMILES string of the molecule is CCC/C(=C(\c1ccc2oc(C(C)(C)C)c(C3CCN(C(C)CC)CC3)c2c1)C(C)C)c1c(N(C)C)ccc2ccccc12. The second-order valence-corrected chi connectivity index (χ2v) is 14.7. The molecule has 3 nitrogen and oxygen atoms in total. The molecule has 3 heteroatoms. The number of furan rings is 1. The molecule has 1 atom stereocenters. The average molecular weight is 593 g/mol. The number of nitrogens with zero attached hydrogens (tertiary/aromatic N) is 2. The van der Waals surface area contributed by atoms with Crippen LogP contribution >= 0.6 is 0 Å². The molecule has 236 valence electrons. The molecule has 0 amide bonds. The van der Waals surface area contributed by atoms with Gasteiger partial charge in [-0.3, -0.25) is 0 Å². The fourth-order valence-corrected chi connectivity index (χ4v) is 7.58. The van der Waals surface area contributed by atoms with Crippen LogP contribution in [0.5, 0.6) is 0 Å². The maximum atomic E-state index is 6.77. The Bertz CT molecular complexity index is 1620. The fourth-order valence-electron chi connectivity index (χ4n) is 7.58. The standard InChI is InChI=1S/C41H56N2O/c1-11-15-33(39-32-17-14-13-16-29(32)18-20-35(39)42(9)10)37(27(3)4)31-19-21-36-34(26-31)38(40(44-36)41(6,7)8)30-22-24-43(25-23-30)28(5)12-2/h13-14,16-21,26-28,30H,11-12,15,22-25H2,1-10H3/b37-33+. The highest BCUT2D eigenvalue weighted by atomic mass is 16.3. The smallest absolute Gasteiger partial charge is 0.134 e.